The number of fused-ring (bicyclic) bond motifs is 1. The summed E-state index contributed by atoms with van der Waals surface area (Å²) in [5, 5.41) is 0.948. The monoisotopic (exact) mass is 402 g/mol. The second-order valence-corrected chi connectivity index (χ2v) is 7.91. The van der Waals surface area contributed by atoms with E-state index in [0.29, 0.717) is 39.5 Å². The predicted octanol–water partition coefficient (Wildman–Crippen LogP) is 5.75. The first-order valence-corrected chi connectivity index (χ1v) is 9.91. The molecule has 3 aromatic rings. The minimum atomic E-state index is 0.173. The Morgan fingerprint density at radius 1 is 1.26 bits per heavy atom. The van der Waals surface area contributed by atoms with Gasteiger partial charge in [0, 0.05) is 23.2 Å². The van der Waals surface area contributed by atoms with Crippen molar-refractivity contribution in [3.63, 3.8) is 0 Å². The molecule has 0 aliphatic carbocycles. The number of hydrogen-bond acceptors (Lipinski definition) is 3. The average Bonchev–Trinajstić information content (AvgIpc) is 3.06. The molecule has 0 spiro atoms. The number of oxazole rings is 1. The maximum atomic E-state index is 12.7. The molecule has 0 bridgehead atoms. The van der Waals surface area contributed by atoms with Gasteiger partial charge in [-0.25, -0.2) is 4.98 Å². The standard InChI is InChI=1S/C21H20Cl2N2O2/c1-13-5-2-3-8-25(13)19(26)10-14-6-4-7-15(9-14)21-24-18-12-16(22)11-17(23)20(18)27-21/h4,6-7,9,11-13H,2-3,5,8,10H2,1H3/t13-/m0/s1. The van der Waals surface area contributed by atoms with Crippen molar-refractivity contribution in [2.45, 2.75) is 38.6 Å². The molecule has 1 fully saturated rings. The first-order valence-electron chi connectivity index (χ1n) is 9.15. The van der Waals surface area contributed by atoms with Crippen molar-refractivity contribution in [2.75, 3.05) is 6.54 Å². The van der Waals surface area contributed by atoms with Crippen molar-refractivity contribution in [1.82, 2.24) is 9.88 Å². The van der Waals surface area contributed by atoms with Gasteiger partial charge >= 0.3 is 0 Å². The third-order valence-electron chi connectivity index (χ3n) is 5.06. The molecule has 1 amide bonds. The van der Waals surface area contributed by atoms with Gasteiger partial charge in [-0.05, 0) is 56.0 Å². The van der Waals surface area contributed by atoms with Crippen molar-refractivity contribution in [2.24, 2.45) is 0 Å². The molecular formula is C21H20Cl2N2O2. The fourth-order valence-corrected chi connectivity index (χ4v) is 4.16. The van der Waals surface area contributed by atoms with Crippen molar-refractivity contribution >= 4 is 40.2 Å². The average molecular weight is 403 g/mol. The smallest absolute Gasteiger partial charge is 0.227 e. The van der Waals surface area contributed by atoms with Crippen LogP contribution >= 0.6 is 23.2 Å². The Bertz CT molecular complexity index is 999. The molecular weight excluding hydrogens is 383 g/mol. The Balaban J connectivity index is 1.59. The minimum absolute atomic E-state index is 0.173. The van der Waals surface area contributed by atoms with Crippen LogP contribution in [0.15, 0.2) is 40.8 Å². The summed E-state index contributed by atoms with van der Waals surface area (Å²) in [6, 6.07) is 11.4. The summed E-state index contributed by atoms with van der Waals surface area (Å²) in [7, 11) is 0. The van der Waals surface area contributed by atoms with E-state index in [0.717, 1.165) is 30.5 Å². The molecule has 1 aromatic heterocycles. The van der Waals surface area contributed by atoms with E-state index < -0.39 is 0 Å². The molecule has 1 aliphatic rings. The highest BCUT2D eigenvalue weighted by Crippen LogP contribution is 2.32. The number of aromatic nitrogens is 1. The molecule has 1 aliphatic heterocycles. The van der Waals surface area contributed by atoms with E-state index >= 15 is 0 Å². The summed E-state index contributed by atoms with van der Waals surface area (Å²) in [6.45, 7) is 2.98. The first-order chi connectivity index (χ1) is 13.0. The van der Waals surface area contributed by atoms with Gasteiger partial charge in [0.2, 0.25) is 11.8 Å². The molecule has 1 atom stereocenters. The Morgan fingerprint density at radius 2 is 2.11 bits per heavy atom. The van der Waals surface area contributed by atoms with Crippen LogP contribution in [0, 0.1) is 0 Å². The SMILES string of the molecule is C[C@H]1CCCCN1C(=O)Cc1cccc(-c2nc3cc(Cl)cc(Cl)c3o2)c1. The Labute approximate surface area is 168 Å². The van der Waals surface area contributed by atoms with Crippen LogP contribution in [0.25, 0.3) is 22.6 Å². The van der Waals surface area contributed by atoms with Crippen LogP contribution in [0.3, 0.4) is 0 Å². The van der Waals surface area contributed by atoms with Gasteiger partial charge in [0.25, 0.3) is 0 Å². The summed E-state index contributed by atoms with van der Waals surface area (Å²) in [6.07, 6.45) is 3.75. The number of benzene rings is 2. The number of likely N-dealkylation sites (tertiary alicyclic amines) is 1. The lowest BCUT2D eigenvalue weighted by Crippen LogP contribution is -2.42. The number of nitrogens with zero attached hydrogens (tertiary/aromatic N) is 2. The first kappa shape index (κ1) is 18.3. The van der Waals surface area contributed by atoms with E-state index in [-0.39, 0.29) is 5.91 Å². The van der Waals surface area contributed by atoms with Crippen LogP contribution in [-0.2, 0) is 11.2 Å². The summed E-state index contributed by atoms with van der Waals surface area (Å²) >= 11 is 12.2. The summed E-state index contributed by atoms with van der Waals surface area (Å²) in [5.74, 6) is 0.640. The molecule has 140 valence electrons. The van der Waals surface area contributed by atoms with Crippen molar-refractivity contribution in [3.8, 4) is 11.5 Å². The highest BCUT2D eigenvalue weighted by atomic mass is 35.5. The Morgan fingerprint density at radius 3 is 2.93 bits per heavy atom. The number of piperidine rings is 1. The zero-order chi connectivity index (χ0) is 19.0. The van der Waals surface area contributed by atoms with Crippen LogP contribution in [-0.4, -0.2) is 28.4 Å². The van der Waals surface area contributed by atoms with E-state index in [1.165, 1.54) is 6.42 Å². The number of carbonyl (C=O) groups is 1. The molecule has 0 radical (unpaired) electrons. The highest BCUT2D eigenvalue weighted by Gasteiger charge is 2.23. The second-order valence-electron chi connectivity index (χ2n) is 7.06. The fourth-order valence-electron chi connectivity index (χ4n) is 3.64. The van der Waals surface area contributed by atoms with E-state index in [9.17, 15) is 4.79 Å². The second kappa shape index (κ2) is 7.53. The van der Waals surface area contributed by atoms with E-state index in [1.54, 1.807) is 12.1 Å². The van der Waals surface area contributed by atoms with Crippen LogP contribution in [0.5, 0.6) is 0 Å². The van der Waals surface area contributed by atoms with Crippen LogP contribution in [0.4, 0.5) is 0 Å². The fraction of sp³-hybridized carbons (Fsp3) is 0.333. The number of carbonyl (C=O) groups excluding carboxylic acids is 1. The lowest BCUT2D eigenvalue weighted by Gasteiger charge is -2.33. The number of rotatable bonds is 3. The third kappa shape index (κ3) is 3.83. The largest absolute Gasteiger partial charge is 0.435 e. The van der Waals surface area contributed by atoms with Gasteiger partial charge in [0.15, 0.2) is 5.58 Å². The molecule has 27 heavy (non-hydrogen) atoms. The highest BCUT2D eigenvalue weighted by molar-refractivity contribution is 6.38. The summed E-state index contributed by atoms with van der Waals surface area (Å²) in [4.78, 5) is 19.2. The van der Waals surface area contributed by atoms with Gasteiger partial charge in [0.05, 0.1) is 11.4 Å². The zero-order valence-electron chi connectivity index (χ0n) is 15.0. The summed E-state index contributed by atoms with van der Waals surface area (Å²) < 4.78 is 5.84. The molecule has 4 rings (SSSR count). The Kier molecular flexibility index (Phi) is 5.11. The van der Waals surface area contributed by atoms with Crippen LogP contribution in [0.2, 0.25) is 10.0 Å². The van der Waals surface area contributed by atoms with Gasteiger partial charge in [-0.15, -0.1) is 0 Å². The van der Waals surface area contributed by atoms with Gasteiger partial charge in [0.1, 0.15) is 5.52 Å². The van der Waals surface area contributed by atoms with Crippen molar-refractivity contribution in [1.29, 1.82) is 0 Å². The van der Waals surface area contributed by atoms with Crippen LogP contribution in [0.1, 0.15) is 31.7 Å². The summed E-state index contributed by atoms with van der Waals surface area (Å²) in [5.41, 5.74) is 2.89. The number of hydrogen-bond donors (Lipinski definition) is 0. The zero-order valence-corrected chi connectivity index (χ0v) is 16.6. The van der Waals surface area contributed by atoms with Crippen molar-refractivity contribution in [3.05, 3.63) is 52.0 Å². The molecule has 0 N–H and O–H groups in total. The Hall–Kier alpha value is -2.04. The molecule has 0 unspecified atom stereocenters. The van der Waals surface area contributed by atoms with E-state index in [2.05, 4.69) is 11.9 Å². The molecule has 2 aromatic carbocycles. The minimum Gasteiger partial charge on any atom is -0.435 e. The molecule has 6 heteroatoms. The maximum absolute atomic E-state index is 12.7. The third-order valence-corrected chi connectivity index (χ3v) is 5.56. The number of amides is 1. The van der Waals surface area contributed by atoms with E-state index in [4.69, 9.17) is 27.6 Å². The number of halogens is 2. The van der Waals surface area contributed by atoms with E-state index in [1.807, 2.05) is 29.2 Å². The maximum Gasteiger partial charge on any atom is 0.227 e. The van der Waals surface area contributed by atoms with Gasteiger partial charge < -0.3 is 9.32 Å². The topological polar surface area (TPSA) is 46.3 Å². The normalized spacial score (nSPS) is 17.4. The lowest BCUT2D eigenvalue weighted by atomic mass is 10.0. The van der Waals surface area contributed by atoms with Crippen molar-refractivity contribution < 1.29 is 9.21 Å². The van der Waals surface area contributed by atoms with Crippen LogP contribution < -0.4 is 0 Å². The lowest BCUT2D eigenvalue weighted by molar-refractivity contribution is -0.133. The molecule has 1 saturated heterocycles. The predicted molar refractivity (Wildman–Crippen MR) is 108 cm³/mol. The molecule has 2 heterocycles. The van der Waals surface area contributed by atoms with Gasteiger partial charge in [-0.1, -0.05) is 35.3 Å². The molecule has 4 nitrogen and oxygen atoms in total. The van der Waals surface area contributed by atoms with Gasteiger partial charge in [-0.2, -0.15) is 0 Å². The quantitative estimate of drug-likeness (QED) is 0.560. The van der Waals surface area contributed by atoms with Gasteiger partial charge in [-0.3, -0.25) is 4.79 Å². The molecule has 0 saturated carbocycles.